The molecule has 0 spiro atoms. The zero-order chi connectivity index (χ0) is 28.6. The summed E-state index contributed by atoms with van der Waals surface area (Å²) >= 11 is 0. The summed E-state index contributed by atoms with van der Waals surface area (Å²) in [6.07, 6.45) is 0.841. The second-order valence-electron chi connectivity index (χ2n) is 10.0. The number of ether oxygens (including phenoxy) is 1. The summed E-state index contributed by atoms with van der Waals surface area (Å²) in [7, 11) is 1.69. The van der Waals surface area contributed by atoms with Crippen LogP contribution in [0.2, 0.25) is 0 Å². The minimum absolute atomic E-state index is 0.141. The summed E-state index contributed by atoms with van der Waals surface area (Å²) in [5, 5.41) is 5.99. The fourth-order valence-corrected chi connectivity index (χ4v) is 5.13. The SMILES string of the molecule is CCCNC(=O)c1cc(NC(=O)c2ccc(-c3ccccc3)cc2)ccc1N1CCN(c2ccccc2OC)CC1. The van der Waals surface area contributed by atoms with Crippen molar-refractivity contribution in [3.63, 3.8) is 0 Å². The van der Waals surface area contributed by atoms with E-state index in [1.54, 1.807) is 13.2 Å². The van der Waals surface area contributed by atoms with Crippen molar-refractivity contribution < 1.29 is 14.3 Å². The van der Waals surface area contributed by atoms with Gasteiger partial charge in [-0.3, -0.25) is 9.59 Å². The second-order valence-corrected chi connectivity index (χ2v) is 10.0. The van der Waals surface area contributed by atoms with Gasteiger partial charge in [0.1, 0.15) is 5.75 Å². The molecule has 2 N–H and O–H groups in total. The first kappa shape index (κ1) is 27.8. The van der Waals surface area contributed by atoms with Crippen LogP contribution in [-0.4, -0.2) is 51.6 Å². The van der Waals surface area contributed by atoms with Gasteiger partial charge in [0, 0.05) is 49.7 Å². The maximum absolute atomic E-state index is 13.2. The first-order valence-corrected chi connectivity index (χ1v) is 14.1. The van der Waals surface area contributed by atoms with Crippen LogP contribution >= 0.6 is 0 Å². The molecule has 0 bridgehead atoms. The van der Waals surface area contributed by atoms with Gasteiger partial charge < -0.3 is 25.2 Å². The summed E-state index contributed by atoms with van der Waals surface area (Å²) in [4.78, 5) is 30.9. The Bertz CT molecular complexity index is 1480. The van der Waals surface area contributed by atoms with Crippen LogP contribution in [0.5, 0.6) is 5.75 Å². The molecule has 1 heterocycles. The number of anilines is 3. The summed E-state index contributed by atoms with van der Waals surface area (Å²) in [6, 6.07) is 31.2. The molecule has 0 aromatic heterocycles. The van der Waals surface area contributed by atoms with Crippen molar-refractivity contribution >= 4 is 28.9 Å². The van der Waals surface area contributed by atoms with Crippen LogP contribution in [0.15, 0.2) is 97.1 Å². The van der Waals surface area contributed by atoms with Gasteiger partial charge in [0.2, 0.25) is 0 Å². The number of hydrogen-bond donors (Lipinski definition) is 2. The molecule has 7 heteroatoms. The van der Waals surface area contributed by atoms with Crippen LogP contribution in [0.25, 0.3) is 11.1 Å². The number of nitrogens with one attached hydrogen (secondary N) is 2. The number of piperazine rings is 1. The predicted molar refractivity (Wildman–Crippen MR) is 166 cm³/mol. The lowest BCUT2D eigenvalue weighted by atomic mass is 10.0. The smallest absolute Gasteiger partial charge is 0.255 e. The van der Waals surface area contributed by atoms with Crippen molar-refractivity contribution in [3.8, 4) is 16.9 Å². The third-order valence-electron chi connectivity index (χ3n) is 7.34. The zero-order valence-electron chi connectivity index (χ0n) is 23.6. The lowest BCUT2D eigenvalue weighted by Crippen LogP contribution is -2.47. The molecule has 2 amide bonds. The molecule has 0 atom stereocenters. The topological polar surface area (TPSA) is 73.9 Å². The lowest BCUT2D eigenvalue weighted by molar-refractivity contribution is 0.0952. The van der Waals surface area contributed by atoms with E-state index >= 15 is 0 Å². The molecule has 0 radical (unpaired) electrons. The largest absolute Gasteiger partial charge is 0.495 e. The fourth-order valence-electron chi connectivity index (χ4n) is 5.13. The van der Waals surface area contributed by atoms with E-state index in [4.69, 9.17) is 4.74 Å². The van der Waals surface area contributed by atoms with Gasteiger partial charge in [0.25, 0.3) is 11.8 Å². The van der Waals surface area contributed by atoms with Gasteiger partial charge in [-0.15, -0.1) is 0 Å². The number of para-hydroxylation sites is 2. The van der Waals surface area contributed by atoms with Gasteiger partial charge in [0.05, 0.1) is 18.4 Å². The van der Waals surface area contributed by atoms with Crippen molar-refractivity contribution in [2.45, 2.75) is 13.3 Å². The molecule has 4 aromatic rings. The van der Waals surface area contributed by atoms with Gasteiger partial charge in [-0.25, -0.2) is 0 Å². The molecule has 0 saturated carbocycles. The van der Waals surface area contributed by atoms with Gasteiger partial charge in [0.15, 0.2) is 0 Å². The highest BCUT2D eigenvalue weighted by molar-refractivity contribution is 6.06. The third kappa shape index (κ3) is 6.52. The molecule has 5 rings (SSSR count). The second kappa shape index (κ2) is 13.0. The molecule has 7 nitrogen and oxygen atoms in total. The minimum Gasteiger partial charge on any atom is -0.495 e. The van der Waals surface area contributed by atoms with Crippen molar-refractivity contribution in [1.29, 1.82) is 0 Å². The molecule has 0 aliphatic carbocycles. The number of benzene rings is 4. The van der Waals surface area contributed by atoms with Gasteiger partial charge in [-0.2, -0.15) is 0 Å². The molecule has 41 heavy (non-hydrogen) atoms. The van der Waals surface area contributed by atoms with E-state index in [1.807, 2.05) is 91.9 Å². The van der Waals surface area contributed by atoms with E-state index in [9.17, 15) is 9.59 Å². The first-order chi connectivity index (χ1) is 20.1. The van der Waals surface area contributed by atoms with Crippen LogP contribution in [0.3, 0.4) is 0 Å². The van der Waals surface area contributed by atoms with E-state index in [0.717, 1.165) is 60.9 Å². The van der Waals surface area contributed by atoms with Crippen molar-refractivity contribution in [1.82, 2.24) is 5.32 Å². The Morgan fingerprint density at radius 3 is 2.05 bits per heavy atom. The maximum atomic E-state index is 13.2. The average Bonchev–Trinajstić information content (AvgIpc) is 3.04. The van der Waals surface area contributed by atoms with Gasteiger partial charge in [-0.1, -0.05) is 61.5 Å². The predicted octanol–water partition coefficient (Wildman–Crippen LogP) is 6.08. The Morgan fingerprint density at radius 1 is 0.732 bits per heavy atom. The summed E-state index contributed by atoms with van der Waals surface area (Å²) in [5.41, 5.74) is 5.78. The highest BCUT2D eigenvalue weighted by atomic mass is 16.5. The number of carbonyl (C=O) groups excluding carboxylic acids is 2. The van der Waals surface area contributed by atoms with Crippen molar-refractivity contribution in [2.24, 2.45) is 0 Å². The molecule has 4 aromatic carbocycles. The number of carbonyl (C=O) groups is 2. The van der Waals surface area contributed by atoms with Crippen LogP contribution < -0.4 is 25.2 Å². The fraction of sp³-hybridized carbons (Fsp3) is 0.235. The summed E-state index contributed by atoms with van der Waals surface area (Å²) in [5.74, 6) is 0.496. The molecule has 210 valence electrons. The monoisotopic (exact) mass is 548 g/mol. The Labute approximate surface area is 241 Å². The number of rotatable bonds is 9. The zero-order valence-corrected chi connectivity index (χ0v) is 23.6. The van der Waals surface area contributed by atoms with Crippen LogP contribution in [-0.2, 0) is 0 Å². The van der Waals surface area contributed by atoms with Crippen molar-refractivity contribution in [3.05, 3.63) is 108 Å². The van der Waals surface area contributed by atoms with E-state index in [0.29, 0.717) is 23.4 Å². The first-order valence-electron chi connectivity index (χ1n) is 14.1. The number of amides is 2. The molecule has 1 saturated heterocycles. The van der Waals surface area contributed by atoms with E-state index in [2.05, 4.69) is 26.5 Å². The van der Waals surface area contributed by atoms with E-state index in [-0.39, 0.29) is 11.8 Å². The molecule has 1 aliphatic heterocycles. The van der Waals surface area contributed by atoms with Gasteiger partial charge >= 0.3 is 0 Å². The number of hydrogen-bond acceptors (Lipinski definition) is 5. The van der Waals surface area contributed by atoms with E-state index < -0.39 is 0 Å². The van der Waals surface area contributed by atoms with Crippen LogP contribution in [0, 0.1) is 0 Å². The third-order valence-corrected chi connectivity index (χ3v) is 7.34. The Morgan fingerprint density at radius 2 is 1.37 bits per heavy atom. The molecular formula is C34H36N4O3. The Hall–Kier alpha value is -4.78. The van der Waals surface area contributed by atoms with Crippen LogP contribution in [0.4, 0.5) is 17.1 Å². The molecule has 1 aliphatic rings. The summed E-state index contributed by atoms with van der Waals surface area (Å²) < 4.78 is 5.56. The highest BCUT2D eigenvalue weighted by Crippen LogP contribution is 2.31. The Kier molecular flexibility index (Phi) is 8.84. The van der Waals surface area contributed by atoms with Crippen LogP contribution in [0.1, 0.15) is 34.1 Å². The molecule has 0 unspecified atom stereocenters. The lowest BCUT2D eigenvalue weighted by Gasteiger charge is -2.38. The van der Waals surface area contributed by atoms with Crippen molar-refractivity contribution in [2.75, 3.05) is 55.0 Å². The van der Waals surface area contributed by atoms with E-state index in [1.165, 1.54) is 0 Å². The number of nitrogens with zero attached hydrogens (tertiary/aromatic N) is 2. The normalized spacial score (nSPS) is 13.0. The minimum atomic E-state index is -0.220. The average molecular weight is 549 g/mol. The standard InChI is InChI=1S/C34H36N4O3/c1-3-19-35-34(40)29-24-28(36-33(39)27-15-13-26(14-16-27)25-9-5-4-6-10-25)17-18-30(29)37-20-22-38(23-21-37)31-11-7-8-12-32(31)41-2/h4-18,24H,3,19-23H2,1-2H3,(H,35,40)(H,36,39). The summed E-state index contributed by atoms with van der Waals surface area (Å²) in [6.45, 7) is 5.72. The quantitative estimate of drug-likeness (QED) is 0.265. The Balaban J connectivity index is 1.32. The van der Waals surface area contributed by atoms with Gasteiger partial charge in [-0.05, 0) is 60.0 Å². The maximum Gasteiger partial charge on any atom is 0.255 e. The molecule has 1 fully saturated rings. The highest BCUT2D eigenvalue weighted by Gasteiger charge is 2.24. The molecular weight excluding hydrogens is 512 g/mol. The number of methoxy groups -OCH3 is 1.